The largest absolute Gasteiger partial charge is 0.378 e. The number of ether oxygens (including phenoxy) is 1. The Balaban J connectivity index is 1.41. The number of carbonyl (C=O) groups is 1. The zero-order valence-electron chi connectivity index (χ0n) is 15.5. The molecule has 0 radical (unpaired) electrons. The molecule has 1 aliphatic rings. The zero-order chi connectivity index (χ0) is 19.5. The molecular weight excluding hydrogens is 378 g/mol. The van der Waals surface area contributed by atoms with Gasteiger partial charge in [-0.25, -0.2) is 9.97 Å². The number of aryl methyl sites for hydroxylation is 1. The summed E-state index contributed by atoms with van der Waals surface area (Å²) < 4.78 is 6.35. The number of aromatic nitrogens is 3. The third-order valence-electron chi connectivity index (χ3n) is 4.66. The topological polar surface area (TPSA) is 100 Å². The Labute approximate surface area is 165 Å². The van der Waals surface area contributed by atoms with Crippen molar-refractivity contribution in [3.8, 4) is 0 Å². The van der Waals surface area contributed by atoms with Crippen LogP contribution in [-0.4, -0.2) is 47.2 Å². The van der Waals surface area contributed by atoms with Gasteiger partial charge >= 0.3 is 0 Å². The predicted molar refractivity (Wildman–Crippen MR) is 109 cm³/mol. The van der Waals surface area contributed by atoms with E-state index in [0.717, 1.165) is 10.2 Å². The Morgan fingerprint density at radius 2 is 2.07 bits per heavy atom. The lowest BCUT2D eigenvalue weighted by Crippen LogP contribution is -2.38. The first-order chi connectivity index (χ1) is 13.6. The van der Waals surface area contributed by atoms with Crippen LogP contribution in [0.2, 0.25) is 0 Å². The molecule has 1 aromatic carbocycles. The van der Waals surface area contributed by atoms with E-state index in [1.165, 1.54) is 11.3 Å². The maximum absolute atomic E-state index is 12.5. The van der Waals surface area contributed by atoms with Gasteiger partial charge in [-0.3, -0.25) is 14.6 Å². The fourth-order valence-electron chi connectivity index (χ4n) is 3.16. The number of nitrogens with zero attached hydrogens (tertiary/aromatic N) is 3. The Hall–Kier alpha value is -2.78. The Bertz CT molecular complexity index is 1020. The van der Waals surface area contributed by atoms with Crippen molar-refractivity contribution in [2.45, 2.75) is 19.8 Å². The van der Waals surface area contributed by atoms with Crippen LogP contribution in [-0.2, 0) is 16.0 Å². The molecule has 3 aromatic rings. The van der Waals surface area contributed by atoms with Crippen molar-refractivity contribution in [3.05, 3.63) is 45.9 Å². The highest BCUT2D eigenvalue weighted by Gasteiger charge is 2.17. The number of H-pyrrole nitrogens is 1. The average Bonchev–Trinajstić information content (AvgIpc) is 3.10. The van der Waals surface area contributed by atoms with Crippen LogP contribution < -0.4 is 15.8 Å². The first-order valence-electron chi connectivity index (χ1n) is 9.18. The molecule has 28 heavy (non-hydrogen) atoms. The van der Waals surface area contributed by atoms with Crippen LogP contribution in [0.1, 0.15) is 17.7 Å². The van der Waals surface area contributed by atoms with E-state index in [1.807, 2.05) is 29.2 Å². The maximum atomic E-state index is 12.5. The Morgan fingerprint density at radius 3 is 2.82 bits per heavy atom. The molecule has 0 aliphatic carbocycles. The highest BCUT2D eigenvalue weighted by Crippen LogP contribution is 2.25. The van der Waals surface area contributed by atoms with Crippen LogP contribution in [0.15, 0.2) is 29.1 Å². The molecule has 1 fully saturated rings. The number of amides is 1. The van der Waals surface area contributed by atoms with E-state index in [9.17, 15) is 9.59 Å². The molecule has 1 aliphatic heterocycles. The monoisotopic (exact) mass is 399 g/mol. The van der Waals surface area contributed by atoms with Crippen molar-refractivity contribution in [2.24, 2.45) is 0 Å². The number of rotatable bonds is 5. The third kappa shape index (κ3) is 4.05. The first-order valence-corrected chi connectivity index (χ1v) is 10.00. The molecule has 146 valence electrons. The minimum Gasteiger partial charge on any atom is -0.378 e. The van der Waals surface area contributed by atoms with Crippen LogP contribution >= 0.6 is 11.3 Å². The van der Waals surface area contributed by atoms with Gasteiger partial charge in [-0.05, 0) is 25.5 Å². The normalized spacial score (nSPS) is 14.4. The fraction of sp³-hybridized carbons (Fsp3) is 0.368. The minimum atomic E-state index is -0.193. The predicted octanol–water partition coefficient (Wildman–Crippen LogP) is 2.10. The summed E-state index contributed by atoms with van der Waals surface area (Å²) in [6, 6.07) is 7.73. The van der Waals surface area contributed by atoms with E-state index >= 15 is 0 Å². The molecule has 3 heterocycles. The van der Waals surface area contributed by atoms with Gasteiger partial charge in [0.05, 0.1) is 23.4 Å². The minimum absolute atomic E-state index is 0.171. The number of hydrogen-bond acceptors (Lipinski definition) is 7. The van der Waals surface area contributed by atoms with Gasteiger partial charge < -0.3 is 15.0 Å². The van der Waals surface area contributed by atoms with Gasteiger partial charge in [-0.1, -0.05) is 23.5 Å². The quantitative estimate of drug-likeness (QED) is 0.681. The second kappa shape index (κ2) is 8.07. The summed E-state index contributed by atoms with van der Waals surface area (Å²) in [4.78, 5) is 38.6. The summed E-state index contributed by atoms with van der Waals surface area (Å²) in [6.07, 6.45) is 0.521. The second-order valence-corrected chi connectivity index (χ2v) is 7.62. The maximum Gasteiger partial charge on any atom is 0.255 e. The van der Waals surface area contributed by atoms with E-state index in [0.29, 0.717) is 55.1 Å². The smallest absolute Gasteiger partial charge is 0.255 e. The van der Waals surface area contributed by atoms with Crippen molar-refractivity contribution in [1.29, 1.82) is 0 Å². The number of anilines is 2. The van der Waals surface area contributed by atoms with Gasteiger partial charge in [0.25, 0.3) is 5.56 Å². The van der Waals surface area contributed by atoms with Crippen molar-refractivity contribution in [2.75, 3.05) is 36.5 Å². The summed E-state index contributed by atoms with van der Waals surface area (Å²) in [6.45, 7) is 4.45. The van der Waals surface area contributed by atoms with E-state index in [4.69, 9.17) is 4.74 Å². The van der Waals surface area contributed by atoms with Gasteiger partial charge in [0.1, 0.15) is 0 Å². The summed E-state index contributed by atoms with van der Waals surface area (Å²) in [5.41, 5.74) is 1.86. The number of fused-ring (bicyclic) bond motifs is 1. The molecule has 9 heteroatoms. The first kappa shape index (κ1) is 18.6. The Morgan fingerprint density at radius 1 is 1.29 bits per heavy atom. The van der Waals surface area contributed by atoms with Gasteiger partial charge in [0.2, 0.25) is 11.9 Å². The molecule has 0 bridgehead atoms. The highest BCUT2D eigenvalue weighted by atomic mass is 32.1. The summed E-state index contributed by atoms with van der Waals surface area (Å²) in [5.74, 6) is 0.392. The Kier molecular flexibility index (Phi) is 5.36. The van der Waals surface area contributed by atoms with Crippen LogP contribution in [0.4, 0.5) is 11.1 Å². The molecule has 2 N–H and O–H groups in total. The van der Waals surface area contributed by atoms with Gasteiger partial charge in [-0.15, -0.1) is 0 Å². The number of nitrogens with one attached hydrogen (secondary N) is 2. The molecule has 4 rings (SSSR count). The van der Waals surface area contributed by atoms with Crippen molar-refractivity contribution in [1.82, 2.24) is 15.0 Å². The van der Waals surface area contributed by atoms with E-state index in [-0.39, 0.29) is 17.9 Å². The van der Waals surface area contributed by atoms with Gasteiger partial charge in [0, 0.05) is 30.8 Å². The third-order valence-corrected chi connectivity index (χ3v) is 5.61. The summed E-state index contributed by atoms with van der Waals surface area (Å²) >= 11 is 1.43. The fourth-order valence-corrected chi connectivity index (χ4v) is 4.04. The van der Waals surface area contributed by atoms with Crippen LogP contribution in [0.25, 0.3) is 10.2 Å². The van der Waals surface area contributed by atoms with E-state index in [2.05, 4.69) is 20.3 Å². The number of para-hydroxylation sites is 1. The molecular formula is C19H21N5O3S. The van der Waals surface area contributed by atoms with E-state index in [1.54, 1.807) is 6.92 Å². The standard InChI is InChI=1S/C19H21N5O3S/c1-12-13(17(26)23-18(20-12)24-8-10-27-11-9-24)6-7-16(25)22-19-21-14-4-2-3-5-15(14)28-19/h2-5H,6-11H2,1H3,(H,20,23,26)(H,21,22,25). The summed E-state index contributed by atoms with van der Waals surface area (Å²) in [5, 5.41) is 3.38. The summed E-state index contributed by atoms with van der Waals surface area (Å²) in [7, 11) is 0. The molecule has 0 spiro atoms. The van der Waals surface area contributed by atoms with Crippen LogP contribution in [0.5, 0.6) is 0 Å². The van der Waals surface area contributed by atoms with Crippen molar-refractivity contribution in [3.63, 3.8) is 0 Å². The molecule has 0 unspecified atom stereocenters. The SMILES string of the molecule is Cc1nc(N2CCOCC2)[nH]c(=O)c1CCC(=O)Nc1nc2ccccc2s1. The molecule has 2 aromatic heterocycles. The van der Waals surface area contributed by atoms with Crippen LogP contribution in [0.3, 0.4) is 0 Å². The lowest BCUT2D eigenvalue weighted by Gasteiger charge is -2.27. The number of thiazole rings is 1. The molecule has 1 saturated heterocycles. The van der Waals surface area contributed by atoms with Gasteiger partial charge in [0.15, 0.2) is 5.13 Å². The highest BCUT2D eigenvalue weighted by molar-refractivity contribution is 7.22. The lowest BCUT2D eigenvalue weighted by molar-refractivity contribution is -0.116. The van der Waals surface area contributed by atoms with Crippen molar-refractivity contribution >= 4 is 38.5 Å². The zero-order valence-corrected chi connectivity index (χ0v) is 16.3. The number of aromatic amines is 1. The molecule has 0 saturated carbocycles. The second-order valence-electron chi connectivity index (χ2n) is 6.59. The number of carbonyl (C=O) groups excluding carboxylic acids is 1. The van der Waals surface area contributed by atoms with E-state index < -0.39 is 0 Å². The molecule has 0 atom stereocenters. The average molecular weight is 399 g/mol. The number of morpholine rings is 1. The molecule has 1 amide bonds. The van der Waals surface area contributed by atoms with Crippen molar-refractivity contribution < 1.29 is 9.53 Å². The lowest BCUT2D eigenvalue weighted by atomic mass is 10.1. The van der Waals surface area contributed by atoms with Crippen LogP contribution in [0, 0.1) is 6.92 Å². The van der Waals surface area contributed by atoms with Gasteiger partial charge in [-0.2, -0.15) is 0 Å². The molecule has 8 nitrogen and oxygen atoms in total. The number of hydrogen-bond donors (Lipinski definition) is 2. The number of benzene rings is 1.